The minimum absolute atomic E-state index is 0.0970. The Hall–Kier alpha value is -2.35. The number of nitrogens with zero attached hydrogens (tertiary/aromatic N) is 4. The smallest absolute Gasteiger partial charge is 0.269 e. The lowest BCUT2D eigenvalue weighted by atomic mass is 10.2. The number of likely N-dealkylation sites (N-methyl/N-ethyl adjacent to an activating group) is 1. The highest BCUT2D eigenvalue weighted by molar-refractivity contribution is 7.99. The van der Waals surface area contributed by atoms with Gasteiger partial charge >= 0.3 is 0 Å². The number of hydrogen-bond donors (Lipinski definition) is 0. The molecule has 2 amide bonds. The molecule has 126 valence electrons. The molecule has 24 heavy (non-hydrogen) atoms. The van der Waals surface area contributed by atoms with Gasteiger partial charge < -0.3 is 9.80 Å². The van der Waals surface area contributed by atoms with Crippen LogP contribution in [0.4, 0.5) is 0 Å². The third kappa shape index (κ3) is 3.01. The molecule has 2 aromatic rings. The van der Waals surface area contributed by atoms with Crippen LogP contribution in [0.3, 0.4) is 0 Å². The van der Waals surface area contributed by atoms with Crippen molar-refractivity contribution >= 4 is 34.6 Å². The number of thioether (sulfide) groups is 1. The fourth-order valence-electron chi connectivity index (χ4n) is 2.70. The molecule has 7 nitrogen and oxygen atoms in total. The van der Waals surface area contributed by atoms with Crippen LogP contribution in [-0.2, 0) is 16.1 Å². The average molecular weight is 346 g/mol. The lowest BCUT2D eigenvalue weighted by Gasteiger charge is -2.25. The highest BCUT2D eigenvalue weighted by Gasteiger charge is 2.35. The summed E-state index contributed by atoms with van der Waals surface area (Å²) in [7, 11) is 3.35. The average Bonchev–Trinajstić information content (AvgIpc) is 3.06. The molecule has 0 saturated carbocycles. The Kier molecular flexibility index (Phi) is 4.57. The van der Waals surface area contributed by atoms with Crippen LogP contribution in [0.25, 0.3) is 11.0 Å². The number of rotatable bonds is 3. The van der Waals surface area contributed by atoms with Crippen LogP contribution >= 0.6 is 11.8 Å². The molecule has 1 atom stereocenters. The molecule has 1 aromatic carbocycles. The van der Waals surface area contributed by atoms with Gasteiger partial charge in [0.25, 0.3) is 5.56 Å². The van der Waals surface area contributed by atoms with E-state index in [1.54, 1.807) is 49.0 Å². The minimum atomic E-state index is -0.471. The van der Waals surface area contributed by atoms with E-state index in [2.05, 4.69) is 4.98 Å². The van der Waals surface area contributed by atoms with Crippen LogP contribution in [0.15, 0.2) is 35.3 Å². The summed E-state index contributed by atoms with van der Waals surface area (Å²) in [5, 5.41) is 0. The van der Waals surface area contributed by atoms with Gasteiger partial charge in [-0.05, 0) is 12.1 Å². The maximum absolute atomic E-state index is 12.7. The van der Waals surface area contributed by atoms with Crippen LogP contribution < -0.4 is 5.56 Å². The Morgan fingerprint density at radius 2 is 2.08 bits per heavy atom. The van der Waals surface area contributed by atoms with E-state index in [1.807, 2.05) is 6.07 Å². The summed E-state index contributed by atoms with van der Waals surface area (Å²) in [6, 6.07) is 6.71. The fourth-order valence-corrected chi connectivity index (χ4v) is 3.87. The van der Waals surface area contributed by atoms with Crippen molar-refractivity contribution in [2.24, 2.45) is 0 Å². The van der Waals surface area contributed by atoms with Crippen molar-refractivity contribution < 1.29 is 9.59 Å². The van der Waals surface area contributed by atoms with Crippen LogP contribution in [0.1, 0.15) is 0 Å². The largest absolute Gasteiger partial charge is 0.347 e. The van der Waals surface area contributed by atoms with Gasteiger partial charge in [0.05, 0.1) is 23.1 Å². The number of carbonyl (C=O) groups is 2. The molecular weight excluding hydrogens is 328 g/mol. The number of benzene rings is 1. The van der Waals surface area contributed by atoms with E-state index in [4.69, 9.17) is 0 Å². The summed E-state index contributed by atoms with van der Waals surface area (Å²) >= 11 is 1.54. The van der Waals surface area contributed by atoms with E-state index in [9.17, 15) is 14.4 Å². The molecular formula is C16H18N4O3S. The zero-order valence-electron chi connectivity index (χ0n) is 13.5. The molecule has 0 spiro atoms. The Morgan fingerprint density at radius 3 is 2.83 bits per heavy atom. The third-order valence-electron chi connectivity index (χ3n) is 3.97. The zero-order valence-corrected chi connectivity index (χ0v) is 14.3. The Morgan fingerprint density at radius 1 is 1.33 bits per heavy atom. The summed E-state index contributed by atoms with van der Waals surface area (Å²) < 4.78 is 1.41. The molecule has 0 bridgehead atoms. The van der Waals surface area contributed by atoms with Crippen molar-refractivity contribution in [3.63, 3.8) is 0 Å². The normalized spacial score (nSPS) is 17.2. The molecule has 3 rings (SSSR count). The van der Waals surface area contributed by atoms with E-state index < -0.39 is 6.04 Å². The standard InChI is InChI=1S/C16H18N4O3S/c1-18(2)16(23)13-9-24-10-20(13)15(22)8-19-12-6-4-3-5-11(12)17-7-14(19)21/h3-7,13H,8-10H2,1-2H3. The van der Waals surface area contributed by atoms with Crippen molar-refractivity contribution in [3.05, 3.63) is 40.8 Å². The molecule has 1 unspecified atom stereocenters. The number of aromatic nitrogens is 2. The van der Waals surface area contributed by atoms with Crippen molar-refractivity contribution in [3.8, 4) is 0 Å². The van der Waals surface area contributed by atoms with Gasteiger partial charge in [0.1, 0.15) is 12.6 Å². The summed E-state index contributed by atoms with van der Waals surface area (Å²) in [6.07, 6.45) is 1.22. The number of carbonyl (C=O) groups excluding carboxylic acids is 2. The molecule has 8 heteroatoms. The maximum Gasteiger partial charge on any atom is 0.269 e. The lowest BCUT2D eigenvalue weighted by molar-refractivity contribution is -0.142. The second-order valence-electron chi connectivity index (χ2n) is 5.78. The fraction of sp³-hybridized carbons (Fsp3) is 0.375. The van der Waals surface area contributed by atoms with Gasteiger partial charge in [-0.15, -0.1) is 11.8 Å². The van der Waals surface area contributed by atoms with Crippen molar-refractivity contribution in [2.75, 3.05) is 25.7 Å². The molecule has 2 heterocycles. The number of para-hydroxylation sites is 2. The van der Waals surface area contributed by atoms with Gasteiger partial charge in [-0.2, -0.15) is 0 Å². The summed E-state index contributed by atoms with van der Waals surface area (Å²) in [5.74, 6) is 0.703. The minimum Gasteiger partial charge on any atom is -0.347 e. The predicted octanol–water partition coefficient (Wildman–Crippen LogP) is 0.386. The predicted molar refractivity (Wildman–Crippen MR) is 92.7 cm³/mol. The first-order valence-electron chi connectivity index (χ1n) is 7.52. The third-order valence-corrected chi connectivity index (χ3v) is 4.99. The topological polar surface area (TPSA) is 75.5 Å². The van der Waals surface area contributed by atoms with E-state index >= 15 is 0 Å². The first-order chi connectivity index (χ1) is 11.5. The quantitative estimate of drug-likeness (QED) is 0.803. The first-order valence-corrected chi connectivity index (χ1v) is 8.67. The van der Waals surface area contributed by atoms with E-state index in [1.165, 1.54) is 15.7 Å². The highest BCUT2D eigenvalue weighted by atomic mass is 32.2. The Labute approximate surface area is 143 Å². The molecule has 1 aliphatic rings. The molecule has 1 aromatic heterocycles. The molecule has 0 N–H and O–H groups in total. The van der Waals surface area contributed by atoms with Gasteiger partial charge in [0.15, 0.2) is 0 Å². The van der Waals surface area contributed by atoms with E-state index in [0.717, 1.165) is 0 Å². The second-order valence-corrected chi connectivity index (χ2v) is 6.78. The second kappa shape index (κ2) is 6.64. The number of amides is 2. The molecule has 1 aliphatic heterocycles. The monoisotopic (exact) mass is 346 g/mol. The first kappa shape index (κ1) is 16.5. The maximum atomic E-state index is 12.7. The molecule has 0 aliphatic carbocycles. The Balaban J connectivity index is 1.89. The van der Waals surface area contributed by atoms with Crippen LogP contribution in [-0.4, -0.2) is 62.9 Å². The zero-order chi connectivity index (χ0) is 17.3. The van der Waals surface area contributed by atoms with Gasteiger partial charge in [-0.1, -0.05) is 12.1 Å². The van der Waals surface area contributed by atoms with Crippen LogP contribution in [0.2, 0.25) is 0 Å². The van der Waals surface area contributed by atoms with Gasteiger partial charge in [0, 0.05) is 19.8 Å². The molecule has 1 saturated heterocycles. The van der Waals surface area contributed by atoms with Gasteiger partial charge in [-0.25, -0.2) is 4.98 Å². The van der Waals surface area contributed by atoms with Crippen molar-refractivity contribution in [1.29, 1.82) is 0 Å². The highest BCUT2D eigenvalue weighted by Crippen LogP contribution is 2.22. The van der Waals surface area contributed by atoms with E-state index in [-0.39, 0.29) is 23.9 Å². The summed E-state index contributed by atoms with van der Waals surface area (Å²) in [4.78, 5) is 44.2. The summed E-state index contributed by atoms with van der Waals surface area (Å²) in [6.45, 7) is -0.0976. The number of hydrogen-bond acceptors (Lipinski definition) is 5. The van der Waals surface area contributed by atoms with Crippen molar-refractivity contribution in [1.82, 2.24) is 19.4 Å². The molecule has 1 fully saturated rings. The van der Waals surface area contributed by atoms with Crippen molar-refractivity contribution in [2.45, 2.75) is 12.6 Å². The van der Waals surface area contributed by atoms with Gasteiger partial charge in [0.2, 0.25) is 11.8 Å². The Bertz CT molecular complexity index is 849. The SMILES string of the molecule is CN(C)C(=O)C1CSCN1C(=O)Cn1c(=O)cnc2ccccc21. The van der Waals surface area contributed by atoms with Crippen LogP contribution in [0.5, 0.6) is 0 Å². The van der Waals surface area contributed by atoms with Crippen LogP contribution in [0, 0.1) is 0 Å². The van der Waals surface area contributed by atoms with E-state index in [0.29, 0.717) is 22.7 Å². The number of fused-ring (bicyclic) bond motifs is 1. The molecule has 0 radical (unpaired) electrons. The summed E-state index contributed by atoms with van der Waals surface area (Å²) in [5.41, 5.74) is 0.937. The van der Waals surface area contributed by atoms with Gasteiger partial charge in [-0.3, -0.25) is 19.0 Å². The lowest BCUT2D eigenvalue weighted by Crippen LogP contribution is -2.48.